The number of carbonyl (C=O) groups is 3. The van der Waals surface area contributed by atoms with E-state index in [1.54, 1.807) is 12.1 Å². The Morgan fingerprint density at radius 2 is 2.08 bits per heavy atom. The zero-order valence-corrected chi connectivity index (χ0v) is 14.9. The fraction of sp³-hybridized carbons (Fsp3) is 0.500. The lowest BCUT2D eigenvalue weighted by Crippen LogP contribution is -2.51. The molecule has 25 heavy (non-hydrogen) atoms. The van der Waals surface area contributed by atoms with E-state index >= 15 is 0 Å². The molecule has 1 aromatic carbocycles. The largest absolute Gasteiger partial charge is 0.344 e. The van der Waals surface area contributed by atoms with Crippen LogP contribution in [0.3, 0.4) is 0 Å². The highest BCUT2D eigenvalue weighted by Crippen LogP contribution is 2.35. The second-order valence-electron chi connectivity index (χ2n) is 7.00. The Hall–Kier alpha value is -2.08. The number of hydrogen-bond acceptors (Lipinski definition) is 3. The summed E-state index contributed by atoms with van der Waals surface area (Å²) >= 11 is 5.92. The third-order valence-corrected chi connectivity index (χ3v) is 5.29. The molecule has 2 aliphatic rings. The molecule has 1 aliphatic heterocycles. The van der Waals surface area contributed by atoms with Crippen molar-refractivity contribution in [2.75, 3.05) is 0 Å². The van der Waals surface area contributed by atoms with Gasteiger partial charge in [-0.15, -0.1) is 0 Å². The lowest BCUT2D eigenvalue weighted by Gasteiger charge is -2.33. The van der Waals surface area contributed by atoms with E-state index in [0.717, 1.165) is 23.4 Å². The Labute approximate surface area is 151 Å². The zero-order valence-electron chi connectivity index (χ0n) is 14.2. The molecule has 0 radical (unpaired) electrons. The second kappa shape index (κ2) is 7.04. The molecule has 2 fully saturated rings. The van der Waals surface area contributed by atoms with Gasteiger partial charge in [-0.1, -0.05) is 30.7 Å². The van der Waals surface area contributed by atoms with Crippen molar-refractivity contribution >= 4 is 29.4 Å². The van der Waals surface area contributed by atoms with Crippen LogP contribution in [0, 0.1) is 5.92 Å². The molecule has 1 saturated heterocycles. The van der Waals surface area contributed by atoms with Crippen molar-refractivity contribution < 1.29 is 14.4 Å². The number of hydrogen-bond donors (Lipinski definition) is 2. The third kappa shape index (κ3) is 3.79. The normalized spacial score (nSPS) is 26.0. The quantitative estimate of drug-likeness (QED) is 0.807. The second-order valence-corrected chi connectivity index (χ2v) is 7.44. The summed E-state index contributed by atoms with van der Waals surface area (Å²) in [6.45, 7) is 2.14. The molecule has 0 bridgehead atoms. The topological polar surface area (TPSA) is 78.5 Å². The number of halogens is 1. The maximum Gasteiger partial charge on any atom is 0.344 e. The molecule has 1 aromatic rings. The van der Waals surface area contributed by atoms with E-state index in [4.69, 9.17) is 11.6 Å². The first-order chi connectivity index (χ1) is 11.9. The molecule has 2 N–H and O–H groups in total. The summed E-state index contributed by atoms with van der Waals surface area (Å²) in [6, 6.07) is 6.71. The van der Waals surface area contributed by atoms with E-state index in [0.29, 0.717) is 30.2 Å². The Morgan fingerprint density at radius 3 is 2.76 bits per heavy atom. The van der Waals surface area contributed by atoms with Crippen molar-refractivity contribution in [3.8, 4) is 0 Å². The first kappa shape index (κ1) is 17.7. The summed E-state index contributed by atoms with van der Waals surface area (Å²) in [4.78, 5) is 37.0. The summed E-state index contributed by atoms with van der Waals surface area (Å²) in [6.07, 6.45) is 3.67. The van der Waals surface area contributed by atoms with Crippen molar-refractivity contribution in [3.05, 3.63) is 34.9 Å². The molecule has 4 amide bonds. The molecule has 1 saturated carbocycles. The van der Waals surface area contributed by atoms with E-state index in [1.165, 1.54) is 0 Å². The molecular formula is C18H22ClN3O3. The molecule has 7 heteroatoms. The van der Waals surface area contributed by atoms with E-state index in [1.807, 2.05) is 12.1 Å². The smallest absolute Gasteiger partial charge is 0.322 e. The molecule has 134 valence electrons. The average Bonchev–Trinajstić information content (AvgIpc) is 2.80. The van der Waals surface area contributed by atoms with E-state index in [2.05, 4.69) is 17.7 Å². The Kier molecular flexibility index (Phi) is 4.99. The number of rotatable bonds is 4. The zero-order chi connectivity index (χ0) is 18.0. The Balaban J connectivity index is 1.58. The van der Waals surface area contributed by atoms with Crippen LogP contribution in [-0.2, 0) is 16.0 Å². The summed E-state index contributed by atoms with van der Waals surface area (Å²) in [5.74, 6) is -0.165. The first-order valence-corrected chi connectivity index (χ1v) is 8.98. The molecule has 1 spiro atoms. The van der Waals surface area contributed by atoms with Crippen LogP contribution in [0.1, 0.15) is 44.6 Å². The highest BCUT2D eigenvalue weighted by atomic mass is 35.5. The predicted molar refractivity (Wildman–Crippen MR) is 93.7 cm³/mol. The summed E-state index contributed by atoms with van der Waals surface area (Å²) in [5.41, 5.74) is 2.53. The van der Waals surface area contributed by atoms with Gasteiger partial charge in [0, 0.05) is 11.4 Å². The van der Waals surface area contributed by atoms with Gasteiger partial charge in [-0.3, -0.25) is 15.0 Å². The molecule has 3 rings (SSSR count). The van der Waals surface area contributed by atoms with Gasteiger partial charge in [0.15, 0.2) is 0 Å². The van der Waals surface area contributed by atoms with Gasteiger partial charge in [-0.05, 0) is 55.7 Å². The van der Waals surface area contributed by atoms with Gasteiger partial charge in [0.05, 0.1) is 0 Å². The Bertz CT molecular complexity index is 699. The van der Waals surface area contributed by atoms with Crippen LogP contribution in [-0.4, -0.2) is 28.4 Å². The SMILES string of the molecule is CC1CCC2(CC1)NC(=O)N(NC(=O)CCc1cccc(Cl)c1)C2=O. The molecule has 0 unspecified atom stereocenters. The minimum Gasteiger partial charge on any atom is -0.322 e. The van der Waals surface area contributed by atoms with Crippen molar-refractivity contribution in [1.82, 2.24) is 15.8 Å². The molecule has 0 atom stereocenters. The van der Waals surface area contributed by atoms with Crippen LogP contribution in [0.4, 0.5) is 4.79 Å². The number of benzene rings is 1. The van der Waals surface area contributed by atoms with E-state index in [-0.39, 0.29) is 18.2 Å². The molecule has 0 aromatic heterocycles. The summed E-state index contributed by atoms with van der Waals surface area (Å²) < 4.78 is 0. The van der Waals surface area contributed by atoms with Gasteiger partial charge in [0.2, 0.25) is 5.91 Å². The number of aryl methyl sites for hydroxylation is 1. The lowest BCUT2D eigenvalue weighted by molar-refractivity contribution is -0.140. The highest BCUT2D eigenvalue weighted by Gasteiger charge is 2.52. The van der Waals surface area contributed by atoms with Crippen LogP contribution >= 0.6 is 11.6 Å². The molecule has 6 nitrogen and oxygen atoms in total. The first-order valence-electron chi connectivity index (χ1n) is 8.60. The van der Waals surface area contributed by atoms with Gasteiger partial charge in [0.25, 0.3) is 5.91 Å². The van der Waals surface area contributed by atoms with Crippen LogP contribution in [0.2, 0.25) is 5.02 Å². The third-order valence-electron chi connectivity index (χ3n) is 5.06. The monoisotopic (exact) mass is 363 g/mol. The van der Waals surface area contributed by atoms with Gasteiger partial charge < -0.3 is 5.32 Å². The van der Waals surface area contributed by atoms with Gasteiger partial charge in [0.1, 0.15) is 5.54 Å². The van der Waals surface area contributed by atoms with Crippen LogP contribution in [0.5, 0.6) is 0 Å². The summed E-state index contributed by atoms with van der Waals surface area (Å²) in [5, 5.41) is 4.24. The highest BCUT2D eigenvalue weighted by molar-refractivity contribution is 6.30. The van der Waals surface area contributed by atoms with Gasteiger partial charge in [-0.2, -0.15) is 5.01 Å². The van der Waals surface area contributed by atoms with Crippen molar-refractivity contribution in [2.24, 2.45) is 5.92 Å². The van der Waals surface area contributed by atoms with E-state index in [9.17, 15) is 14.4 Å². The standard InChI is InChI=1S/C18H22ClN3O3/c1-12-7-9-18(10-8-12)16(24)22(17(25)20-18)21-15(23)6-5-13-3-2-4-14(19)11-13/h2-4,11-12H,5-10H2,1H3,(H,20,25)(H,21,23). The van der Waals surface area contributed by atoms with Gasteiger partial charge >= 0.3 is 6.03 Å². The maximum absolute atomic E-state index is 12.7. The van der Waals surface area contributed by atoms with Crippen molar-refractivity contribution in [2.45, 2.75) is 51.0 Å². The minimum absolute atomic E-state index is 0.168. The van der Waals surface area contributed by atoms with Crippen LogP contribution in [0.15, 0.2) is 24.3 Å². The fourth-order valence-corrected chi connectivity index (χ4v) is 3.66. The molecule has 1 heterocycles. The fourth-order valence-electron chi connectivity index (χ4n) is 3.45. The average molecular weight is 364 g/mol. The number of nitrogens with one attached hydrogen (secondary N) is 2. The van der Waals surface area contributed by atoms with Crippen molar-refractivity contribution in [3.63, 3.8) is 0 Å². The molecular weight excluding hydrogens is 342 g/mol. The lowest BCUT2D eigenvalue weighted by atomic mass is 9.77. The maximum atomic E-state index is 12.7. The van der Waals surface area contributed by atoms with Gasteiger partial charge in [-0.25, -0.2) is 4.79 Å². The number of imide groups is 1. The molecule has 1 aliphatic carbocycles. The number of urea groups is 1. The number of amides is 4. The number of nitrogens with zero attached hydrogens (tertiary/aromatic N) is 1. The van der Waals surface area contributed by atoms with Crippen LogP contribution < -0.4 is 10.7 Å². The number of carbonyl (C=O) groups excluding carboxylic acids is 3. The predicted octanol–water partition coefficient (Wildman–Crippen LogP) is 2.80. The minimum atomic E-state index is -0.843. The van der Waals surface area contributed by atoms with E-state index < -0.39 is 11.6 Å². The summed E-state index contributed by atoms with van der Waals surface area (Å²) in [7, 11) is 0. The van der Waals surface area contributed by atoms with Crippen LogP contribution in [0.25, 0.3) is 0 Å². The number of hydrazine groups is 1. The van der Waals surface area contributed by atoms with Crippen molar-refractivity contribution in [1.29, 1.82) is 0 Å². The Morgan fingerprint density at radius 1 is 1.36 bits per heavy atom.